The highest BCUT2D eigenvalue weighted by Gasteiger charge is 2.15. The van der Waals surface area contributed by atoms with Gasteiger partial charge in [-0.3, -0.25) is 4.79 Å². The lowest BCUT2D eigenvalue weighted by Crippen LogP contribution is -2.07. The number of halogens is 1. The van der Waals surface area contributed by atoms with Gasteiger partial charge in [0.25, 0.3) is 0 Å². The molecule has 0 aliphatic carbocycles. The van der Waals surface area contributed by atoms with E-state index in [4.69, 9.17) is 5.26 Å². The van der Waals surface area contributed by atoms with Crippen molar-refractivity contribution < 1.29 is 9.18 Å². The summed E-state index contributed by atoms with van der Waals surface area (Å²) in [5, 5.41) is 8.63. The van der Waals surface area contributed by atoms with Crippen LogP contribution in [-0.2, 0) is 0 Å². The second-order valence-corrected chi connectivity index (χ2v) is 3.80. The molecule has 0 spiro atoms. The summed E-state index contributed by atoms with van der Waals surface area (Å²) < 4.78 is 13.7. The van der Waals surface area contributed by atoms with Crippen LogP contribution in [0.4, 0.5) is 4.39 Å². The molecule has 2 aromatic rings. The smallest absolute Gasteiger partial charge is 0.214 e. The van der Waals surface area contributed by atoms with E-state index >= 15 is 0 Å². The van der Waals surface area contributed by atoms with Crippen molar-refractivity contribution in [3.63, 3.8) is 0 Å². The Morgan fingerprint density at radius 1 is 1.33 bits per heavy atom. The molecule has 4 heteroatoms. The van der Waals surface area contributed by atoms with Crippen molar-refractivity contribution in [3.8, 4) is 6.07 Å². The summed E-state index contributed by atoms with van der Waals surface area (Å²) in [5.41, 5.74) is 0.988. The van der Waals surface area contributed by atoms with Gasteiger partial charge in [-0.25, -0.2) is 9.37 Å². The molecular weight excluding hydrogens is 231 g/mol. The summed E-state index contributed by atoms with van der Waals surface area (Å²) >= 11 is 0. The Morgan fingerprint density at radius 3 is 2.72 bits per heavy atom. The van der Waals surface area contributed by atoms with Crippen LogP contribution in [0.15, 0.2) is 36.4 Å². The van der Waals surface area contributed by atoms with E-state index in [2.05, 4.69) is 4.98 Å². The summed E-state index contributed by atoms with van der Waals surface area (Å²) in [6, 6.07) is 10.6. The zero-order valence-corrected chi connectivity index (χ0v) is 9.64. The maximum atomic E-state index is 13.7. The van der Waals surface area contributed by atoms with E-state index in [1.807, 2.05) is 6.07 Å². The van der Waals surface area contributed by atoms with E-state index in [0.29, 0.717) is 5.69 Å². The maximum absolute atomic E-state index is 13.7. The van der Waals surface area contributed by atoms with E-state index in [-0.39, 0.29) is 16.8 Å². The number of hydrogen-bond acceptors (Lipinski definition) is 3. The molecule has 2 rings (SSSR count). The van der Waals surface area contributed by atoms with Gasteiger partial charge in [-0.15, -0.1) is 0 Å². The second kappa shape index (κ2) is 4.76. The molecule has 18 heavy (non-hydrogen) atoms. The molecule has 0 saturated carbocycles. The minimum absolute atomic E-state index is 0.0768. The van der Waals surface area contributed by atoms with Crippen LogP contribution in [-0.4, -0.2) is 10.8 Å². The Labute approximate surface area is 104 Å². The molecular formula is C14H9FN2O. The van der Waals surface area contributed by atoms with Crippen LogP contribution < -0.4 is 0 Å². The van der Waals surface area contributed by atoms with Crippen LogP contribution in [0.3, 0.4) is 0 Å². The van der Waals surface area contributed by atoms with Crippen molar-refractivity contribution in [1.29, 1.82) is 5.26 Å². The molecule has 0 saturated heterocycles. The summed E-state index contributed by atoms with van der Waals surface area (Å²) in [4.78, 5) is 16.1. The van der Waals surface area contributed by atoms with E-state index in [0.717, 1.165) is 6.07 Å². The van der Waals surface area contributed by atoms with Crippen LogP contribution in [0.2, 0.25) is 0 Å². The molecule has 0 N–H and O–H groups in total. The van der Waals surface area contributed by atoms with Crippen molar-refractivity contribution in [3.05, 3.63) is 64.7 Å². The number of nitrogens with zero attached hydrogens (tertiary/aromatic N) is 2. The average molecular weight is 240 g/mol. The van der Waals surface area contributed by atoms with Gasteiger partial charge < -0.3 is 0 Å². The lowest BCUT2D eigenvalue weighted by atomic mass is 10.0. The van der Waals surface area contributed by atoms with Gasteiger partial charge in [-0.2, -0.15) is 5.26 Å². The molecule has 0 radical (unpaired) electrons. The van der Waals surface area contributed by atoms with Gasteiger partial charge >= 0.3 is 0 Å². The zero-order valence-electron chi connectivity index (χ0n) is 9.64. The third-order valence-electron chi connectivity index (χ3n) is 2.46. The number of aryl methyl sites for hydroxylation is 1. The first-order valence-electron chi connectivity index (χ1n) is 5.30. The lowest BCUT2D eigenvalue weighted by Gasteiger charge is -2.03. The van der Waals surface area contributed by atoms with Gasteiger partial charge in [0.15, 0.2) is 0 Å². The van der Waals surface area contributed by atoms with Crippen molar-refractivity contribution in [2.75, 3.05) is 0 Å². The number of carbonyl (C=O) groups excluding carboxylic acids is 1. The molecule has 1 heterocycles. The predicted molar refractivity (Wildman–Crippen MR) is 63.5 cm³/mol. The molecule has 0 atom stereocenters. The summed E-state index contributed by atoms with van der Waals surface area (Å²) in [6.07, 6.45) is 0. The summed E-state index contributed by atoms with van der Waals surface area (Å²) in [6.45, 7) is 1.76. The Balaban J connectivity index is 2.44. The number of carbonyl (C=O) groups is 1. The summed E-state index contributed by atoms with van der Waals surface area (Å²) in [5.74, 6) is -1.19. The molecule has 0 fully saturated rings. The monoisotopic (exact) mass is 240 g/mol. The molecule has 0 unspecified atom stereocenters. The van der Waals surface area contributed by atoms with Crippen molar-refractivity contribution >= 4 is 5.78 Å². The molecule has 1 aromatic carbocycles. The Morgan fingerprint density at radius 2 is 2.11 bits per heavy atom. The highest BCUT2D eigenvalue weighted by Crippen LogP contribution is 2.14. The number of ketones is 1. The predicted octanol–water partition coefficient (Wildman–Crippen LogP) is 2.63. The summed E-state index contributed by atoms with van der Waals surface area (Å²) in [7, 11) is 0. The Kier molecular flexibility index (Phi) is 3.16. The largest absolute Gasteiger partial charge is 0.287 e. The standard InChI is InChI=1S/C14H9FN2O/c1-9-3-2-4-13(17-9)14(18)11-6-5-10(8-16)7-12(11)15/h2-7H,1H3. The van der Waals surface area contributed by atoms with E-state index in [1.165, 1.54) is 18.2 Å². The van der Waals surface area contributed by atoms with Gasteiger partial charge in [0.1, 0.15) is 11.5 Å². The van der Waals surface area contributed by atoms with Gasteiger partial charge in [0.05, 0.1) is 17.2 Å². The molecule has 0 amide bonds. The topological polar surface area (TPSA) is 53.8 Å². The molecule has 3 nitrogen and oxygen atoms in total. The number of pyridine rings is 1. The van der Waals surface area contributed by atoms with Gasteiger partial charge in [0, 0.05) is 5.69 Å². The normalized spacial score (nSPS) is 9.83. The Hall–Kier alpha value is -2.54. The fourth-order valence-corrected chi connectivity index (χ4v) is 1.58. The highest BCUT2D eigenvalue weighted by molar-refractivity contribution is 6.07. The van der Waals surface area contributed by atoms with Gasteiger partial charge in [-0.1, -0.05) is 6.07 Å². The molecule has 1 aromatic heterocycles. The van der Waals surface area contributed by atoms with Crippen LogP contribution in [0.25, 0.3) is 0 Å². The Bertz CT molecular complexity index is 659. The number of aromatic nitrogens is 1. The molecule has 0 bridgehead atoms. The van der Waals surface area contributed by atoms with E-state index in [9.17, 15) is 9.18 Å². The number of benzene rings is 1. The number of hydrogen-bond donors (Lipinski definition) is 0. The fraction of sp³-hybridized carbons (Fsp3) is 0.0714. The minimum atomic E-state index is -0.706. The molecule has 88 valence electrons. The number of nitriles is 1. The van der Waals surface area contributed by atoms with Crippen LogP contribution >= 0.6 is 0 Å². The quantitative estimate of drug-likeness (QED) is 0.758. The minimum Gasteiger partial charge on any atom is -0.287 e. The van der Waals surface area contributed by atoms with Crippen LogP contribution in [0.1, 0.15) is 27.3 Å². The molecule has 0 aliphatic rings. The second-order valence-electron chi connectivity index (χ2n) is 3.80. The van der Waals surface area contributed by atoms with Gasteiger partial charge in [-0.05, 0) is 37.3 Å². The first-order valence-corrected chi connectivity index (χ1v) is 5.30. The van der Waals surface area contributed by atoms with Crippen molar-refractivity contribution in [2.24, 2.45) is 0 Å². The molecule has 0 aliphatic heterocycles. The SMILES string of the molecule is Cc1cccc(C(=O)c2ccc(C#N)cc2F)n1. The maximum Gasteiger partial charge on any atom is 0.214 e. The van der Waals surface area contributed by atoms with E-state index in [1.54, 1.807) is 19.1 Å². The van der Waals surface area contributed by atoms with Crippen molar-refractivity contribution in [1.82, 2.24) is 4.98 Å². The first kappa shape index (κ1) is 11.9. The lowest BCUT2D eigenvalue weighted by molar-refractivity contribution is 0.103. The third-order valence-corrected chi connectivity index (χ3v) is 2.46. The number of rotatable bonds is 2. The van der Waals surface area contributed by atoms with Crippen molar-refractivity contribution in [2.45, 2.75) is 6.92 Å². The van der Waals surface area contributed by atoms with Crippen LogP contribution in [0, 0.1) is 24.1 Å². The average Bonchev–Trinajstić information content (AvgIpc) is 2.37. The van der Waals surface area contributed by atoms with Crippen LogP contribution in [0.5, 0.6) is 0 Å². The zero-order chi connectivity index (χ0) is 13.1. The van der Waals surface area contributed by atoms with E-state index < -0.39 is 11.6 Å². The highest BCUT2D eigenvalue weighted by atomic mass is 19.1. The fourth-order valence-electron chi connectivity index (χ4n) is 1.58. The van der Waals surface area contributed by atoms with Gasteiger partial charge in [0.2, 0.25) is 5.78 Å². The first-order chi connectivity index (χ1) is 8.61. The third kappa shape index (κ3) is 2.25.